The van der Waals surface area contributed by atoms with Crippen LogP contribution in [0.15, 0.2) is 17.2 Å². The molecule has 26 heavy (non-hydrogen) atoms. The largest absolute Gasteiger partial charge is 0.345 e. The van der Waals surface area contributed by atoms with Crippen LogP contribution in [0, 0.1) is 13.8 Å². The smallest absolute Gasteiger partial charge is 0.263 e. The van der Waals surface area contributed by atoms with Crippen LogP contribution in [0.1, 0.15) is 72.5 Å². The second kappa shape index (κ2) is 7.85. The van der Waals surface area contributed by atoms with Crippen LogP contribution in [0.4, 0.5) is 0 Å². The second-order valence-electron chi connectivity index (χ2n) is 7.02. The first-order chi connectivity index (χ1) is 12.5. The highest BCUT2D eigenvalue weighted by atomic mass is 16.2. The van der Waals surface area contributed by atoms with E-state index in [1.807, 2.05) is 19.9 Å². The van der Waals surface area contributed by atoms with Crippen molar-refractivity contribution in [3.8, 4) is 0 Å². The minimum absolute atomic E-state index is 0.209. The van der Waals surface area contributed by atoms with E-state index >= 15 is 0 Å². The van der Waals surface area contributed by atoms with Crippen molar-refractivity contribution in [3.63, 3.8) is 0 Å². The number of aromatic nitrogens is 4. The van der Waals surface area contributed by atoms with Gasteiger partial charge in [-0.2, -0.15) is 0 Å². The summed E-state index contributed by atoms with van der Waals surface area (Å²) in [5.41, 5.74) is 1.53. The van der Waals surface area contributed by atoms with Crippen molar-refractivity contribution in [2.75, 3.05) is 0 Å². The maximum atomic E-state index is 12.7. The van der Waals surface area contributed by atoms with Gasteiger partial charge in [-0.05, 0) is 45.2 Å². The molecule has 0 saturated heterocycles. The lowest BCUT2D eigenvalue weighted by molar-refractivity contribution is 0.0946. The zero-order valence-corrected chi connectivity index (χ0v) is 15.8. The van der Waals surface area contributed by atoms with Gasteiger partial charge < -0.3 is 14.5 Å². The molecule has 2 aromatic rings. The molecule has 0 radical (unpaired) electrons. The number of rotatable bonds is 5. The van der Waals surface area contributed by atoms with Crippen LogP contribution in [0.3, 0.4) is 0 Å². The molecule has 140 valence electrons. The monoisotopic (exact) mass is 357 g/mol. The van der Waals surface area contributed by atoms with E-state index in [-0.39, 0.29) is 23.6 Å². The van der Waals surface area contributed by atoms with E-state index in [2.05, 4.69) is 20.1 Å². The van der Waals surface area contributed by atoms with E-state index in [4.69, 9.17) is 0 Å². The molecule has 0 aliphatic heterocycles. The van der Waals surface area contributed by atoms with Crippen LogP contribution in [-0.4, -0.2) is 25.2 Å². The minimum atomic E-state index is -0.354. The van der Waals surface area contributed by atoms with E-state index in [1.165, 1.54) is 19.3 Å². The lowest BCUT2D eigenvalue weighted by Gasteiger charge is -2.24. The molecule has 2 aromatic heterocycles. The molecular weight excluding hydrogens is 330 g/mol. The lowest BCUT2D eigenvalue weighted by atomic mass is 9.95. The molecule has 1 N–H and O–H groups in total. The molecule has 0 atom stereocenters. The summed E-state index contributed by atoms with van der Waals surface area (Å²) >= 11 is 0. The first-order valence-corrected chi connectivity index (χ1v) is 9.40. The molecule has 3 rings (SSSR count). The Balaban J connectivity index is 1.77. The Morgan fingerprint density at radius 2 is 2.00 bits per heavy atom. The van der Waals surface area contributed by atoms with Crippen LogP contribution in [-0.2, 0) is 13.1 Å². The summed E-state index contributed by atoms with van der Waals surface area (Å²) in [6.07, 6.45) is 7.70. The Hall–Kier alpha value is -2.44. The van der Waals surface area contributed by atoms with E-state index in [0.29, 0.717) is 18.2 Å². The summed E-state index contributed by atoms with van der Waals surface area (Å²) in [6.45, 7) is 6.40. The first-order valence-electron chi connectivity index (χ1n) is 9.40. The van der Waals surface area contributed by atoms with Gasteiger partial charge in [0.05, 0.1) is 6.54 Å². The van der Waals surface area contributed by atoms with Crippen LogP contribution < -0.4 is 10.9 Å². The van der Waals surface area contributed by atoms with Crippen LogP contribution in [0.2, 0.25) is 0 Å². The number of pyridine rings is 1. The van der Waals surface area contributed by atoms with Gasteiger partial charge in [-0.15, -0.1) is 10.2 Å². The summed E-state index contributed by atoms with van der Waals surface area (Å²) in [6, 6.07) is 2.29. The number of carbonyl (C=O) groups excluding carboxylic acids is 1. The number of hydrogen-bond donors (Lipinski definition) is 1. The number of nitrogens with zero attached hydrogens (tertiary/aromatic N) is 4. The Bertz CT molecular complexity index is 846. The van der Waals surface area contributed by atoms with E-state index in [1.54, 1.807) is 17.8 Å². The molecule has 1 aliphatic rings. The molecule has 1 saturated carbocycles. The molecule has 0 spiro atoms. The van der Waals surface area contributed by atoms with Gasteiger partial charge in [0.25, 0.3) is 11.5 Å². The van der Waals surface area contributed by atoms with E-state index in [0.717, 1.165) is 24.4 Å². The van der Waals surface area contributed by atoms with Gasteiger partial charge in [-0.25, -0.2) is 0 Å². The highest BCUT2D eigenvalue weighted by Gasteiger charge is 2.20. The average molecular weight is 357 g/mol. The van der Waals surface area contributed by atoms with Gasteiger partial charge in [0, 0.05) is 18.3 Å². The predicted octanol–water partition coefficient (Wildman–Crippen LogP) is 2.51. The van der Waals surface area contributed by atoms with Crippen molar-refractivity contribution in [1.82, 2.24) is 24.6 Å². The van der Waals surface area contributed by atoms with E-state index in [9.17, 15) is 9.59 Å². The SMILES string of the molecule is CCn1c(C)cc(C)c(C(=O)NCc2nncn2C2CCCCC2)c1=O. The van der Waals surface area contributed by atoms with Gasteiger partial charge in [0.15, 0.2) is 5.82 Å². The Morgan fingerprint density at radius 3 is 2.69 bits per heavy atom. The van der Waals surface area contributed by atoms with Gasteiger partial charge >= 0.3 is 0 Å². The minimum Gasteiger partial charge on any atom is -0.345 e. The Morgan fingerprint density at radius 1 is 1.27 bits per heavy atom. The fourth-order valence-corrected chi connectivity index (χ4v) is 3.90. The maximum absolute atomic E-state index is 12.7. The maximum Gasteiger partial charge on any atom is 0.263 e. The fraction of sp³-hybridized carbons (Fsp3) is 0.579. The van der Waals surface area contributed by atoms with E-state index < -0.39 is 0 Å². The van der Waals surface area contributed by atoms with Crippen LogP contribution in [0.25, 0.3) is 0 Å². The molecule has 0 aromatic carbocycles. The molecule has 1 fully saturated rings. The van der Waals surface area contributed by atoms with Crippen molar-refractivity contribution in [1.29, 1.82) is 0 Å². The van der Waals surface area contributed by atoms with Crippen molar-refractivity contribution < 1.29 is 4.79 Å². The van der Waals surface area contributed by atoms with Crippen molar-refractivity contribution in [3.05, 3.63) is 45.4 Å². The van der Waals surface area contributed by atoms with Crippen molar-refractivity contribution in [2.45, 2.75) is 72.0 Å². The molecular formula is C19H27N5O2. The molecule has 1 amide bonds. The number of aryl methyl sites for hydroxylation is 2. The lowest BCUT2D eigenvalue weighted by Crippen LogP contribution is -2.35. The fourth-order valence-electron chi connectivity index (χ4n) is 3.90. The molecule has 1 aliphatic carbocycles. The highest BCUT2D eigenvalue weighted by molar-refractivity contribution is 5.95. The normalized spacial score (nSPS) is 15.2. The summed E-state index contributed by atoms with van der Waals surface area (Å²) in [4.78, 5) is 25.3. The number of nitrogens with one attached hydrogen (secondary N) is 1. The average Bonchev–Trinajstić information content (AvgIpc) is 3.09. The van der Waals surface area contributed by atoms with Crippen molar-refractivity contribution >= 4 is 5.91 Å². The Labute approximate surface area is 153 Å². The zero-order chi connectivity index (χ0) is 18.7. The Kier molecular flexibility index (Phi) is 5.54. The van der Waals surface area contributed by atoms with Gasteiger partial charge in [0.2, 0.25) is 0 Å². The third-order valence-electron chi connectivity index (χ3n) is 5.27. The second-order valence-corrected chi connectivity index (χ2v) is 7.02. The van der Waals surface area contributed by atoms with Crippen LogP contribution in [0.5, 0.6) is 0 Å². The summed E-state index contributed by atoms with van der Waals surface area (Å²) in [7, 11) is 0. The van der Waals surface area contributed by atoms with Gasteiger partial charge in [-0.3, -0.25) is 9.59 Å². The van der Waals surface area contributed by atoms with Gasteiger partial charge in [-0.1, -0.05) is 19.3 Å². The van der Waals surface area contributed by atoms with Crippen LogP contribution >= 0.6 is 0 Å². The van der Waals surface area contributed by atoms with Crippen molar-refractivity contribution in [2.24, 2.45) is 0 Å². The van der Waals surface area contributed by atoms with Gasteiger partial charge in [0.1, 0.15) is 11.9 Å². The quantitative estimate of drug-likeness (QED) is 0.891. The summed E-state index contributed by atoms with van der Waals surface area (Å²) in [5.74, 6) is 0.388. The molecule has 7 nitrogen and oxygen atoms in total. The highest BCUT2D eigenvalue weighted by Crippen LogP contribution is 2.28. The third-order valence-corrected chi connectivity index (χ3v) is 5.27. The molecule has 2 heterocycles. The number of amides is 1. The first kappa shape index (κ1) is 18.4. The summed E-state index contributed by atoms with van der Waals surface area (Å²) < 4.78 is 3.69. The molecule has 0 bridgehead atoms. The number of carbonyl (C=O) groups is 1. The zero-order valence-electron chi connectivity index (χ0n) is 15.8. The standard InChI is InChI=1S/C19H27N5O2/c1-4-23-14(3)10-13(2)17(19(23)26)18(25)20-11-16-22-21-12-24(16)15-8-6-5-7-9-15/h10,12,15H,4-9,11H2,1-3H3,(H,20,25). The number of hydrogen-bond acceptors (Lipinski definition) is 4. The molecule has 0 unspecified atom stereocenters. The topological polar surface area (TPSA) is 81.8 Å². The molecule has 7 heteroatoms. The summed E-state index contributed by atoms with van der Waals surface area (Å²) in [5, 5.41) is 11.0. The predicted molar refractivity (Wildman–Crippen MR) is 99.2 cm³/mol. The third kappa shape index (κ3) is 3.57.